The Morgan fingerprint density at radius 1 is 1.12 bits per heavy atom. The van der Waals surface area contributed by atoms with Gasteiger partial charge in [0.1, 0.15) is 0 Å². The van der Waals surface area contributed by atoms with E-state index in [-0.39, 0.29) is 34.9 Å². The molecule has 2 amide bonds. The Kier molecular flexibility index (Phi) is 8.58. The Morgan fingerprint density at radius 3 is 2.31 bits per heavy atom. The van der Waals surface area contributed by atoms with Crippen molar-refractivity contribution in [2.75, 3.05) is 11.9 Å². The van der Waals surface area contributed by atoms with Crippen molar-refractivity contribution in [3.63, 3.8) is 0 Å². The van der Waals surface area contributed by atoms with E-state index in [0.29, 0.717) is 18.5 Å². The molecule has 1 rings (SSSR count). The number of rotatable bonds is 9. The lowest BCUT2D eigenvalue weighted by Crippen LogP contribution is -2.33. The monoisotopic (exact) mass is 382 g/mol. The van der Waals surface area contributed by atoms with Crippen molar-refractivity contribution < 1.29 is 19.5 Å². The predicted molar refractivity (Wildman–Crippen MR) is 102 cm³/mol. The van der Waals surface area contributed by atoms with Gasteiger partial charge < -0.3 is 15.7 Å². The topological polar surface area (TPSA) is 95.5 Å². The van der Waals surface area contributed by atoms with Crippen molar-refractivity contribution in [3.05, 3.63) is 28.8 Å². The highest BCUT2D eigenvalue weighted by atomic mass is 35.5. The number of carboxylic acids is 1. The first-order chi connectivity index (χ1) is 12.1. The van der Waals surface area contributed by atoms with E-state index >= 15 is 0 Å². The van der Waals surface area contributed by atoms with Gasteiger partial charge >= 0.3 is 5.97 Å². The standard InChI is InChI=1S/C19H27ClN2O4/c1-11(2)7-13(19(25)26)10-21-18(24)15-9-14(5-6-16(15)20)22-17(23)8-12(3)4/h5-6,9,11-13H,7-8,10H2,1-4H3,(H,21,24)(H,22,23)(H,25,26). The summed E-state index contributed by atoms with van der Waals surface area (Å²) in [5.41, 5.74) is 0.671. The lowest BCUT2D eigenvalue weighted by molar-refractivity contribution is -0.142. The first kappa shape index (κ1) is 22.0. The van der Waals surface area contributed by atoms with Gasteiger partial charge in [-0.25, -0.2) is 0 Å². The molecule has 0 saturated heterocycles. The van der Waals surface area contributed by atoms with Crippen LogP contribution in [0.1, 0.15) is 50.9 Å². The molecule has 1 unspecified atom stereocenters. The highest BCUT2D eigenvalue weighted by Crippen LogP contribution is 2.21. The molecule has 1 aromatic rings. The second-order valence-electron chi connectivity index (χ2n) is 7.22. The average molecular weight is 383 g/mol. The maximum absolute atomic E-state index is 12.4. The number of hydrogen-bond acceptors (Lipinski definition) is 3. The third kappa shape index (κ3) is 7.44. The van der Waals surface area contributed by atoms with Crippen LogP contribution in [0.15, 0.2) is 18.2 Å². The van der Waals surface area contributed by atoms with Crippen molar-refractivity contribution in [3.8, 4) is 0 Å². The molecule has 0 spiro atoms. The van der Waals surface area contributed by atoms with Gasteiger partial charge in [0.05, 0.1) is 16.5 Å². The molecule has 0 saturated carbocycles. The minimum Gasteiger partial charge on any atom is -0.481 e. The number of benzene rings is 1. The Morgan fingerprint density at radius 2 is 1.77 bits per heavy atom. The summed E-state index contributed by atoms with van der Waals surface area (Å²) in [4.78, 5) is 35.6. The van der Waals surface area contributed by atoms with E-state index in [1.165, 1.54) is 12.1 Å². The average Bonchev–Trinajstić information content (AvgIpc) is 2.51. The molecule has 26 heavy (non-hydrogen) atoms. The SMILES string of the molecule is CC(C)CC(=O)Nc1ccc(Cl)c(C(=O)NCC(CC(C)C)C(=O)O)c1. The zero-order chi connectivity index (χ0) is 19.9. The summed E-state index contributed by atoms with van der Waals surface area (Å²) in [7, 11) is 0. The molecule has 0 bridgehead atoms. The maximum Gasteiger partial charge on any atom is 0.308 e. The highest BCUT2D eigenvalue weighted by molar-refractivity contribution is 6.34. The molecule has 0 heterocycles. The second kappa shape index (κ2) is 10.2. The van der Waals surface area contributed by atoms with Crippen LogP contribution < -0.4 is 10.6 Å². The van der Waals surface area contributed by atoms with Gasteiger partial charge in [-0.05, 0) is 36.5 Å². The van der Waals surface area contributed by atoms with E-state index in [0.717, 1.165) is 0 Å². The molecular formula is C19H27ClN2O4. The molecule has 0 radical (unpaired) electrons. The minimum atomic E-state index is -0.945. The van der Waals surface area contributed by atoms with Gasteiger partial charge in [-0.3, -0.25) is 14.4 Å². The summed E-state index contributed by atoms with van der Waals surface area (Å²) >= 11 is 6.08. The van der Waals surface area contributed by atoms with E-state index in [4.69, 9.17) is 11.6 Å². The van der Waals surface area contributed by atoms with Crippen LogP contribution in [0.25, 0.3) is 0 Å². The number of halogens is 1. The van der Waals surface area contributed by atoms with Gasteiger partial charge in [0.25, 0.3) is 5.91 Å². The molecule has 144 valence electrons. The molecule has 0 fully saturated rings. The molecule has 1 aromatic carbocycles. The van der Waals surface area contributed by atoms with Crippen LogP contribution in [0, 0.1) is 17.8 Å². The summed E-state index contributed by atoms with van der Waals surface area (Å²) < 4.78 is 0. The van der Waals surface area contributed by atoms with Gasteiger partial charge in [-0.2, -0.15) is 0 Å². The highest BCUT2D eigenvalue weighted by Gasteiger charge is 2.21. The van der Waals surface area contributed by atoms with Crippen molar-refractivity contribution >= 4 is 35.1 Å². The van der Waals surface area contributed by atoms with Gasteiger partial charge in [0, 0.05) is 18.7 Å². The molecular weight excluding hydrogens is 356 g/mol. The molecule has 0 aliphatic carbocycles. The molecule has 6 nitrogen and oxygen atoms in total. The summed E-state index contributed by atoms with van der Waals surface area (Å²) in [6.07, 6.45) is 0.842. The molecule has 1 atom stereocenters. The van der Waals surface area contributed by atoms with Crippen molar-refractivity contribution in [1.29, 1.82) is 0 Å². The van der Waals surface area contributed by atoms with E-state index in [1.54, 1.807) is 6.07 Å². The van der Waals surface area contributed by atoms with Crippen LogP contribution in [0.2, 0.25) is 5.02 Å². The smallest absolute Gasteiger partial charge is 0.308 e. The number of carbonyl (C=O) groups excluding carboxylic acids is 2. The van der Waals surface area contributed by atoms with Crippen molar-refractivity contribution in [2.45, 2.75) is 40.5 Å². The summed E-state index contributed by atoms with van der Waals surface area (Å²) in [5.74, 6) is -1.79. The fourth-order valence-corrected chi connectivity index (χ4v) is 2.71. The largest absolute Gasteiger partial charge is 0.481 e. The molecule has 0 aliphatic heterocycles. The molecule has 0 aliphatic rings. The van der Waals surface area contributed by atoms with Crippen LogP contribution in [-0.4, -0.2) is 29.4 Å². The van der Waals surface area contributed by atoms with E-state index in [2.05, 4.69) is 10.6 Å². The molecule has 0 aromatic heterocycles. The molecule has 3 N–H and O–H groups in total. The maximum atomic E-state index is 12.4. The number of carboxylic acid groups (broad SMARTS) is 1. The summed E-state index contributed by atoms with van der Waals surface area (Å²) in [6, 6.07) is 4.65. The van der Waals surface area contributed by atoms with E-state index in [1.807, 2.05) is 27.7 Å². The van der Waals surface area contributed by atoms with Gasteiger partial charge in [-0.1, -0.05) is 39.3 Å². The second-order valence-corrected chi connectivity index (χ2v) is 7.62. The van der Waals surface area contributed by atoms with E-state index < -0.39 is 17.8 Å². The van der Waals surface area contributed by atoms with Crippen molar-refractivity contribution in [2.24, 2.45) is 17.8 Å². The fourth-order valence-electron chi connectivity index (χ4n) is 2.51. The van der Waals surface area contributed by atoms with Gasteiger partial charge in [-0.15, -0.1) is 0 Å². The number of anilines is 1. The van der Waals surface area contributed by atoms with Crippen LogP contribution in [-0.2, 0) is 9.59 Å². The van der Waals surface area contributed by atoms with Crippen molar-refractivity contribution in [1.82, 2.24) is 5.32 Å². The van der Waals surface area contributed by atoms with Gasteiger partial charge in [0.15, 0.2) is 0 Å². The molecule has 7 heteroatoms. The third-order valence-corrected chi connectivity index (χ3v) is 4.03. The van der Waals surface area contributed by atoms with E-state index in [9.17, 15) is 19.5 Å². The van der Waals surface area contributed by atoms with Crippen LogP contribution in [0.5, 0.6) is 0 Å². The lowest BCUT2D eigenvalue weighted by Gasteiger charge is -2.16. The number of aliphatic carboxylic acids is 1. The quantitative estimate of drug-likeness (QED) is 0.605. The number of nitrogens with one attached hydrogen (secondary N) is 2. The Labute approximate surface area is 159 Å². The summed E-state index contributed by atoms with van der Waals surface area (Å²) in [5, 5.41) is 14.8. The third-order valence-electron chi connectivity index (χ3n) is 3.70. The van der Waals surface area contributed by atoms with Crippen LogP contribution in [0.4, 0.5) is 5.69 Å². The first-order valence-electron chi connectivity index (χ1n) is 8.70. The minimum absolute atomic E-state index is 0.0204. The summed E-state index contributed by atoms with van der Waals surface area (Å²) in [6.45, 7) is 7.76. The van der Waals surface area contributed by atoms with Crippen LogP contribution in [0.3, 0.4) is 0 Å². The van der Waals surface area contributed by atoms with Gasteiger partial charge in [0.2, 0.25) is 5.91 Å². The fraction of sp³-hybridized carbons (Fsp3) is 0.526. The zero-order valence-electron chi connectivity index (χ0n) is 15.6. The lowest BCUT2D eigenvalue weighted by atomic mass is 9.97. The first-order valence-corrected chi connectivity index (χ1v) is 9.08. The van der Waals surface area contributed by atoms with Crippen LogP contribution >= 0.6 is 11.6 Å². The number of carbonyl (C=O) groups is 3. The number of hydrogen-bond donors (Lipinski definition) is 3. The Balaban J connectivity index is 2.80. The normalized spacial score (nSPS) is 12.1. The Hall–Kier alpha value is -2.08. The number of amides is 2. The Bertz CT molecular complexity index is 659. The predicted octanol–water partition coefficient (Wildman–Crippen LogP) is 3.80. The zero-order valence-corrected chi connectivity index (χ0v) is 16.4.